The summed E-state index contributed by atoms with van der Waals surface area (Å²) in [5, 5.41) is 16.8. The molecule has 2 aromatic heterocycles. The Balaban J connectivity index is 0.772. The number of nitrogens with zero attached hydrogens (tertiary/aromatic N) is 6. The molecule has 28 heteroatoms. The first-order valence-electron chi connectivity index (χ1n) is 28.4. The molecule has 6 aromatic rings. The molecule has 0 unspecified atom stereocenters. The zero-order valence-electron chi connectivity index (χ0n) is 48.8. The Bertz CT molecular complexity index is 3460. The lowest BCUT2D eigenvalue weighted by Gasteiger charge is -2.29. The molecule has 21 nitrogen and oxygen atoms in total. The Labute approximate surface area is 503 Å². The minimum atomic E-state index is -4.88. The minimum Gasteiger partial charge on any atom is -0.495 e. The molecule has 2 saturated carbocycles. The minimum absolute atomic E-state index is 0.0143. The monoisotopic (exact) mass is 1240 g/mol. The van der Waals surface area contributed by atoms with Crippen LogP contribution in [-0.4, -0.2) is 95.8 Å². The first-order valence-corrected chi connectivity index (χ1v) is 29.6. The van der Waals surface area contributed by atoms with Crippen molar-refractivity contribution < 1.29 is 68.6 Å². The summed E-state index contributed by atoms with van der Waals surface area (Å²) in [7, 11) is 6.03. The summed E-state index contributed by atoms with van der Waals surface area (Å²) in [4.78, 5) is 71.1. The van der Waals surface area contributed by atoms with Gasteiger partial charge in [-0.1, -0.05) is 24.3 Å². The second-order valence-electron chi connectivity index (χ2n) is 22.1. The maximum Gasteiger partial charge on any atom is 0.421 e. The Kier molecular flexibility index (Phi) is 18.5. The molecule has 4 aliphatic rings. The number of benzene rings is 4. The van der Waals surface area contributed by atoms with E-state index in [1.54, 1.807) is 64.6 Å². The van der Waals surface area contributed by atoms with Crippen LogP contribution in [0.2, 0.25) is 0 Å². The molecule has 0 radical (unpaired) electrons. The molecular weight excluding hydrogens is 1180 g/mol. The average Bonchev–Trinajstić information content (AvgIpc) is 1.74. The molecule has 10 rings (SSSR count). The van der Waals surface area contributed by atoms with Crippen LogP contribution in [0.3, 0.4) is 0 Å². The Morgan fingerprint density at radius 2 is 0.943 bits per heavy atom. The van der Waals surface area contributed by atoms with E-state index in [9.17, 15) is 50.1 Å². The fourth-order valence-corrected chi connectivity index (χ4v) is 12.7. The molecule has 88 heavy (non-hydrogen) atoms. The second-order valence-corrected chi connectivity index (χ2v) is 23.1. The van der Waals surface area contributed by atoms with Gasteiger partial charge in [0.1, 0.15) is 34.3 Å². The number of halogens is 6. The number of fused-ring (bicyclic) bond motifs is 2. The maximum atomic E-state index is 14.5. The maximum absolute atomic E-state index is 14.5. The smallest absolute Gasteiger partial charge is 0.421 e. The summed E-state index contributed by atoms with van der Waals surface area (Å²) < 4.78 is 122. The van der Waals surface area contributed by atoms with E-state index in [-0.39, 0.29) is 131 Å². The van der Waals surface area contributed by atoms with Gasteiger partial charge in [0.05, 0.1) is 61.3 Å². The molecule has 2 aliphatic carbocycles. The molecule has 466 valence electrons. The number of rotatable bonds is 20. The lowest BCUT2D eigenvalue weighted by Crippen LogP contribution is -2.30. The Morgan fingerprint density at radius 1 is 0.568 bits per heavy atom. The summed E-state index contributed by atoms with van der Waals surface area (Å²) in [6.07, 6.45) is -2.96. The molecule has 0 saturated heterocycles. The third kappa shape index (κ3) is 13.5. The number of ether oxygens (including phenoxy) is 2. The summed E-state index contributed by atoms with van der Waals surface area (Å²) in [6.45, 7) is 0.101. The fourth-order valence-electron chi connectivity index (χ4n) is 12.0. The summed E-state index contributed by atoms with van der Waals surface area (Å²) in [5.41, 5.74) is 3.17. The van der Waals surface area contributed by atoms with Crippen molar-refractivity contribution in [2.24, 2.45) is 11.8 Å². The van der Waals surface area contributed by atoms with E-state index < -0.39 is 43.4 Å². The van der Waals surface area contributed by atoms with Gasteiger partial charge in [0.25, 0.3) is 11.8 Å². The number of carbonyl (C=O) groups excluding carboxylic acids is 4. The number of aromatic nitrogens is 4. The van der Waals surface area contributed by atoms with Crippen LogP contribution in [0.4, 0.5) is 72.6 Å². The SMILES string of the molecule is CNC(=O)[C@H]1CC[C@@H](c2ccc(Nc3nc(Nc4ccc(CO[PH](=O)OCc5ccc(Nc6ncc(C(F)(F)F)c(Nc7ccc([C@H]8CC[C@@H](C(=O)NC)CC8)c8c7C(=O)N(C)C8)n6)c(OC)c5)cc4OC)ncc3C(F)(F)F)c3c2CN(C)C3=O)CC1. The van der Waals surface area contributed by atoms with Crippen molar-refractivity contribution in [1.29, 1.82) is 0 Å². The van der Waals surface area contributed by atoms with E-state index in [0.717, 1.165) is 11.1 Å². The second kappa shape index (κ2) is 26.0. The van der Waals surface area contributed by atoms with Gasteiger partial charge in [0.2, 0.25) is 23.7 Å². The van der Waals surface area contributed by atoms with Crippen molar-refractivity contribution in [3.8, 4) is 11.5 Å². The molecule has 0 spiro atoms. The molecule has 4 aromatic carbocycles. The van der Waals surface area contributed by atoms with Crippen LogP contribution in [0.25, 0.3) is 0 Å². The number of anilines is 8. The van der Waals surface area contributed by atoms with E-state index in [2.05, 4.69) is 51.8 Å². The van der Waals surface area contributed by atoms with Crippen molar-refractivity contribution in [2.45, 2.75) is 102 Å². The summed E-state index contributed by atoms with van der Waals surface area (Å²) >= 11 is 0. The van der Waals surface area contributed by atoms with E-state index in [1.807, 2.05) is 12.1 Å². The van der Waals surface area contributed by atoms with Crippen molar-refractivity contribution in [1.82, 2.24) is 40.4 Å². The number of alkyl halides is 6. The predicted molar refractivity (Wildman–Crippen MR) is 314 cm³/mol. The highest BCUT2D eigenvalue weighted by Gasteiger charge is 2.40. The topological polar surface area (TPSA) is 252 Å². The third-order valence-electron chi connectivity index (χ3n) is 16.6. The molecule has 4 amide bonds. The summed E-state index contributed by atoms with van der Waals surface area (Å²) in [5.74, 6) is -2.11. The number of methoxy groups -OCH3 is 2. The normalized spacial score (nSPS) is 18.7. The van der Waals surface area contributed by atoms with Crippen molar-refractivity contribution in [3.63, 3.8) is 0 Å². The van der Waals surface area contributed by atoms with E-state index in [4.69, 9.17) is 18.5 Å². The Morgan fingerprint density at radius 3 is 1.30 bits per heavy atom. The van der Waals surface area contributed by atoms with Gasteiger partial charge in [0.15, 0.2) is 0 Å². The first-order chi connectivity index (χ1) is 42.0. The van der Waals surface area contributed by atoms with Gasteiger partial charge in [-0.2, -0.15) is 36.3 Å². The van der Waals surface area contributed by atoms with Gasteiger partial charge in [-0.3, -0.25) is 23.7 Å². The van der Waals surface area contributed by atoms with Crippen LogP contribution in [0.15, 0.2) is 73.1 Å². The zero-order valence-corrected chi connectivity index (χ0v) is 49.8. The van der Waals surface area contributed by atoms with Crippen LogP contribution >= 0.6 is 8.25 Å². The van der Waals surface area contributed by atoms with Gasteiger partial charge in [0, 0.05) is 65.5 Å². The van der Waals surface area contributed by atoms with E-state index in [1.165, 1.54) is 36.2 Å². The highest BCUT2D eigenvalue weighted by Crippen LogP contribution is 2.46. The molecular formula is C60H65F6N12O9P. The molecule has 6 N–H and O–H groups in total. The van der Waals surface area contributed by atoms with Gasteiger partial charge < -0.3 is 60.2 Å². The third-order valence-corrected chi connectivity index (χ3v) is 17.4. The van der Waals surface area contributed by atoms with Crippen LogP contribution in [0, 0.1) is 11.8 Å². The molecule has 0 atom stereocenters. The number of hydrogen-bond acceptors (Lipinski definition) is 17. The zero-order chi connectivity index (χ0) is 62.8. The van der Waals surface area contributed by atoms with Gasteiger partial charge in [-0.05, 0) is 133 Å². The van der Waals surface area contributed by atoms with Gasteiger partial charge in [-0.15, -0.1) is 0 Å². The van der Waals surface area contributed by atoms with Gasteiger partial charge >= 0.3 is 20.6 Å². The number of amides is 4. The lowest BCUT2D eigenvalue weighted by atomic mass is 9.76. The highest BCUT2D eigenvalue weighted by atomic mass is 31.1. The van der Waals surface area contributed by atoms with Crippen molar-refractivity contribution in [2.75, 3.05) is 63.7 Å². The fraction of sp³-hybridized carbons (Fsp3) is 0.400. The molecule has 4 heterocycles. The quantitative estimate of drug-likeness (QED) is 0.0307. The number of hydrogen-bond donors (Lipinski definition) is 6. The van der Waals surface area contributed by atoms with E-state index in [0.29, 0.717) is 86.0 Å². The van der Waals surface area contributed by atoms with Crippen molar-refractivity contribution >= 4 is 78.2 Å². The molecule has 0 bridgehead atoms. The van der Waals surface area contributed by atoms with Crippen molar-refractivity contribution in [3.05, 3.63) is 129 Å². The predicted octanol–water partition coefficient (Wildman–Crippen LogP) is 11.6. The van der Waals surface area contributed by atoms with Crippen LogP contribution in [-0.2, 0) is 61.9 Å². The van der Waals surface area contributed by atoms with Crippen LogP contribution < -0.4 is 41.4 Å². The Hall–Kier alpha value is -8.55. The van der Waals surface area contributed by atoms with Crippen LogP contribution in [0.5, 0.6) is 11.5 Å². The largest absolute Gasteiger partial charge is 0.495 e. The average molecular weight is 1240 g/mol. The highest BCUT2D eigenvalue weighted by molar-refractivity contribution is 7.33. The standard InChI is InChI=1S/C60H65F6N12O9P/c1-67-53(79)35-13-9-33(10-14-35)37-17-21-45(49-39(37)27-77(3)55(49)81)71-51-41(59(61,62)63)25-69-57(75-51)73-43-19-7-31(23-47(43)84-5)29-86-88(83)87-30-32-8-20-44(48(24-32)85-6)74-58-70-26-42(60(64,65)66)52(76-58)72-46-22-18-38(40-28-78(4)56(82)50(40)46)34-11-15-36(16-12-34)54(80)68-2/h7-8,17-26,33-36,88H,9-16,27-30H2,1-6H3,(H,67,79)(H,68,80)(H2,69,71,73,75)(H2,70,72,74,76)/t33-,34-,35+,36+. The van der Waals surface area contributed by atoms with Crippen LogP contribution in [0.1, 0.15) is 128 Å². The first kappa shape index (κ1) is 62.5. The molecule has 2 aliphatic heterocycles. The van der Waals surface area contributed by atoms with Gasteiger partial charge in [-0.25, -0.2) is 9.97 Å². The lowest BCUT2D eigenvalue weighted by molar-refractivity contribution is -0.138. The van der Waals surface area contributed by atoms with E-state index >= 15 is 0 Å². The number of carbonyl (C=O) groups is 4. The number of nitrogens with one attached hydrogen (secondary N) is 6. The summed E-state index contributed by atoms with van der Waals surface area (Å²) in [6, 6.07) is 16.2. The molecule has 2 fully saturated rings.